The number of ether oxygens (including phenoxy) is 1. The summed E-state index contributed by atoms with van der Waals surface area (Å²) in [5.74, 6) is -0.178. The van der Waals surface area contributed by atoms with Crippen LogP contribution in [0.3, 0.4) is 0 Å². The lowest BCUT2D eigenvalue weighted by atomic mass is 10.2. The number of benzene rings is 1. The fourth-order valence-electron chi connectivity index (χ4n) is 1.53. The number of nitrogens with one attached hydrogen (secondary N) is 1. The Hall–Kier alpha value is -1.84. The van der Waals surface area contributed by atoms with Gasteiger partial charge < -0.3 is 10.1 Å². The maximum absolute atomic E-state index is 11.6. The normalized spacial score (nSPS) is 14.2. The van der Waals surface area contributed by atoms with E-state index in [1.165, 1.54) is 0 Å². The molecule has 0 atom stereocenters. The average Bonchev–Trinajstić information content (AvgIpc) is 3.13. The highest BCUT2D eigenvalue weighted by molar-refractivity contribution is 5.96. The van der Waals surface area contributed by atoms with E-state index in [0.29, 0.717) is 17.9 Å². The van der Waals surface area contributed by atoms with Crippen molar-refractivity contribution in [1.82, 2.24) is 0 Å². The minimum Gasteiger partial charge on any atom is -0.462 e. The van der Waals surface area contributed by atoms with Crippen LogP contribution >= 0.6 is 0 Å². The summed E-state index contributed by atoms with van der Waals surface area (Å²) < 4.78 is 4.90. The Balaban J connectivity index is 2.05. The van der Waals surface area contributed by atoms with Gasteiger partial charge in [-0.25, -0.2) is 4.79 Å². The lowest BCUT2D eigenvalue weighted by Gasteiger charge is -2.06. The Kier molecular flexibility index (Phi) is 3.42. The van der Waals surface area contributed by atoms with Crippen LogP contribution in [0.2, 0.25) is 0 Å². The molecule has 0 bridgehead atoms. The molecule has 1 aliphatic carbocycles. The fourth-order valence-corrected chi connectivity index (χ4v) is 1.53. The molecule has 90 valence electrons. The second-order valence-electron chi connectivity index (χ2n) is 4.06. The minimum atomic E-state index is -0.366. The molecule has 4 nitrogen and oxygen atoms in total. The Morgan fingerprint density at radius 3 is 2.82 bits per heavy atom. The van der Waals surface area contributed by atoms with Crippen molar-refractivity contribution in [2.75, 3.05) is 11.9 Å². The van der Waals surface area contributed by atoms with E-state index >= 15 is 0 Å². The summed E-state index contributed by atoms with van der Waals surface area (Å²) in [5, 5.41) is 2.79. The van der Waals surface area contributed by atoms with Gasteiger partial charge in [-0.1, -0.05) is 6.07 Å². The van der Waals surface area contributed by atoms with E-state index in [9.17, 15) is 9.59 Å². The van der Waals surface area contributed by atoms with Gasteiger partial charge in [0.15, 0.2) is 0 Å². The first-order valence-corrected chi connectivity index (χ1v) is 5.78. The van der Waals surface area contributed by atoms with Gasteiger partial charge in [0.05, 0.1) is 12.2 Å². The van der Waals surface area contributed by atoms with E-state index in [-0.39, 0.29) is 17.8 Å². The van der Waals surface area contributed by atoms with Gasteiger partial charge in [-0.3, -0.25) is 4.79 Å². The zero-order chi connectivity index (χ0) is 12.3. The summed E-state index contributed by atoms with van der Waals surface area (Å²) >= 11 is 0. The van der Waals surface area contributed by atoms with Crippen molar-refractivity contribution in [1.29, 1.82) is 0 Å². The number of hydrogen-bond acceptors (Lipinski definition) is 3. The number of anilines is 1. The molecule has 1 aromatic carbocycles. The summed E-state index contributed by atoms with van der Waals surface area (Å²) in [6.45, 7) is 2.11. The Morgan fingerprint density at radius 1 is 1.41 bits per heavy atom. The number of hydrogen-bond donors (Lipinski definition) is 1. The van der Waals surface area contributed by atoms with Crippen molar-refractivity contribution < 1.29 is 14.3 Å². The van der Waals surface area contributed by atoms with Gasteiger partial charge in [0.25, 0.3) is 0 Å². The maximum atomic E-state index is 11.6. The molecule has 1 fully saturated rings. The van der Waals surface area contributed by atoms with Crippen LogP contribution in [0.1, 0.15) is 30.1 Å². The third-order valence-corrected chi connectivity index (χ3v) is 2.59. The molecule has 0 saturated heterocycles. The number of rotatable bonds is 4. The van der Waals surface area contributed by atoms with E-state index in [1.807, 2.05) is 0 Å². The predicted octanol–water partition coefficient (Wildman–Crippen LogP) is 2.21. The maximum Gasteiger partial charge on any atom is 0.338 e. The highest BCUT2D eigenvalue weighted by Crippen LogP contribution is 2.30. The van der Waals surface area contributed by atoms with Gasteiger partial charge in [-0.05, 0) is 38.0 Å². The Morgan fingerprint density at radius 2 is 2.18 bits per heavy atom. The van der Waals surface area contributed by atoms with Crippen LogP contribution in [0.4, 0.5) is 5.69 Å². The molecular formula is C13H15NO3. The standard InChI is InChI=1S/C13H15NO3/c1-2-17-13(16)10-4-3-5-11(8-10)14-12(15)9-6-7-9/h3-5,8-9H,2,6-7H2,1H3,(H,14,15). The summed E-state index contributed by atoms with van der Waals surface area (Å²) in [7, 11) is 0. The molecule has 0 radical (unpaired) electrons. The van der Waals surface area contributed by atoms with Gasteiger partial charge >= 0.3 is 5.97 Å². The van der Waals surface area contributed by atoms with Gasteiger partial charge in [-0.2, -0.15) is 0 Å². The highest BCUT2D eigenvalue weighted by atomic mass is 16.5. The SMILES string of the molecule is CCOC(=O)c1cccc(NC(=O)C2CC2)c1. The predicted molar refractivity (Wildman–Crippen MR) is 63.8 cm³/mol. The van der Waals surface area contributed by atoms with Crippen molar-refractivity contribution in [3.63, 3.8) is 0 Å². The summed E-state index contributed by atoms with van der Waals surface area (Å²) in [4.78, 5) is 23.0. The van der Waals surface area contributed by atoms with Gasteiger partial charge in [-0.15, -0.1) is 0 Å². The molecule has 1 N–H and O–H groups in total. The fraction of sp³-hybridized carbons (Fsp3) is 0.385. The van der Waals surface area contributed by atoms with Crippen LogP contribution in [-0.4, -0.2) is 18.5 Å². The molecule has 0 heterocycles. The molecule has 0 aromatic heterocycles. The lowest BCUT2D eigenvalue weighted by Crippen LogP contribution is -2.14. The topological polar surface area (TPSA) is 55.4 Å². The molecule has 2 rings (SSSR count). The number of esters is 1. The van der Waals surface area contributed by atoms with Crippen LogP contribution in [0, 0.1) is 5.92 Å². The van der Waals surface area contributed by atoms with Crippen LogP contribution < -0.4 is 5.32 Å². The van der Waals surface area contributed by atoms with Gasteiger partial charge in [0, 0.05) is 11.6 Å². The lowest BCUT2D eigenvalue weighted by molar-refractivity contribution is -0.117. The van der Waals surface area contributed by atoms with Crippen LogP contribution in [0.25, 0.3) is 0 Å². The summed E-state index contributed by atoms with van der Waals surface area (Å²) in [5.41, 5.74) is 1.10. The first kappa shape index (κ1) is 11.6. The van der Waals surface area contributed by atoms with E-state index in [2.05, 4.69) is 5.32 Å². The van der Waals surface area contributed by atoms with Crippen LogP contribution in [0.15, 0.2) is 24.3 Å². The molecule has 1 amide bonds. The zero-order valence-corrected chi connectivity index (χ0v) is 9.73. The van der Waals surface area contributed by atoms with E-state index in [0.717, 1.165) is 12.8 Å². The molecule has 0 spiro atoms. The second-order valence-corrected chi connectivity index (χ2v) is 4.06. The van der Waals surface area contributed by atoms with E-state index in [1.54, 1.807) is 31.2 Å². The molecule has 1 saturated carbocycles. The van der Waals surface area contributed by atoms with Gasteiger partial charge in [0.1, 0.15) is 0 Å². The summed E-state index contributed by atoms with van der Waals surface area (Å²) in [6.07, 6.45) is 1.92. The van der Waals surface area contributed by atoms with E-state index < -0.39 is 0 Å². The monoisotopic (exact) mass is 233 g/mol. The molecule has 1 aromatic rings. The third-order valence-electron chi connectivity index (χ3n) is 2.59. The van der Waals surface area contributed by atoms with Crippen molar-refractivity contribution in [3.8, 4) is 0 Å². The zero-order valence-electron chi connectivity index (χ0n) is 9.73. The van der Waals surface area contributed by atoms with Crippen LogP contribution in [0.5, 0.6) is 0 Å². The highest BCUT2D eigenvalue weighted by Gasteiger charge is 2.29. The van der Waals surface area contributed by atoms with Crippen molar-refractivity contribution in [2.24, 2.45) is 5.92 Å². The van der Waals surface area contributed by atoms with E-state index in [4.69, 9.17) is 4.74 Å². The first-order valence-electron chi connectivity index (χ1n) is 5.78. The van der Waals surface area contributed by atoms with Crippen molar-refractivity contribution in [3.05, 3.63) is 29.8 Å². The Labute approximate surface area is 100.0 Å². The molecule has 0 aliphatic heterocycles. The second kappa shape index (κ2) is 4.99. The van der Waals surface area contributed by atoms with Crippen LogP contribution in [-0.2, 0) is 9.53 Å². The average molecular weight is 233 g/mol. The number of amides is 1. The van der Waals surface area contributed by atoms with Crippen molar-refractivity contribution in [2.45, 2.75) is 19.8 Å². The largest absolute Gasteiger partial charge is 0.462 e. The first-order chi connectivity index (χ1) is 8.20. The number of carbonyl (C=O) groups excluding carboxylic acids is 2. The van der Waals surface area contributed by atoms with Gasteiger partial charge in [0.2, 0.25) is 5.91 Å². The minimum absolute atomic E-state index is 0.0333. The summed E-state index contributed by atoms with van der Waals surface area (Å²) in [6, 6.07) is 6.81. The van der Waals surface area contributed by atoms with Crippen molar-refractivity contribution >= 4 is 17.6 Å². The molecule has 0 unspecified atom stereocenters. The molecule has 1 aliphatic rings. The molecule has 4 heteroatoms. The molecule has 17 heavy (non-hydrogen) atoms. The quantitative estimate of drug-likeness (QED) is 0.811. The molecular weight excluding hydrogens is 218 g/mol. The third kappa shape index (κ3) is 3.06. The smallest absolute Gasteiger partial charge is 0.338 e. The Bertz CT molecular complexity index is 438. The number of carbonyl (C=O) groups is 2.